The summed E-state index contributed by atoms with van der Waals surface area (Å²) in [5.74, 6) is -0.764. The molecule has 0 saturated carbocycles. The zero-order valence-electron chi connectivity index (χ0n) is 23.9. The third-order valence-corrected chi connectivity index (χ3v) is 8.75. The molecule has 3 aromatic rings. The van der Waals surface area contributed by atoms with Crippen LogP contribution in [0.25, 0.3) is 0 Å². The van der Waals surface area contributed by atoms with E-state index in [-0.39, 0.29) is 23.4 Å². The van der Waals surface area contributed by atoms with Crippen molar-refractivity contribution in [3.63, 3.8) is 0 Å². The molecule has 0 heterocycles. The molecular formula is C31H38ClN3O4S. The zero-order valence-corrected chi connectivity index (χ0v) is 25.5. The Kier molecular flexibility index (Phi) is 10.4. The summed E-state index contributed by atoms with van der Waals surface area (Å²) in [5, 5.41) is 3.31. The van der Waals surface area contributed by atoms with Gasteiger partial charge in [0.05, 0.1) is 10.6 Å². The van der Waals surface area contributed by atoms with Crippen molar-refractivity contribution in [2.45, 2.75) is 71.5 Å². The van der Waals surface area contributed by atoms with Gasteiger partial charge in [0.2, 0.25) is 11.8 Å². The molecule has 0 aromatic heterocycles. The second-order valence-corrected chi connectivity index (χ2v) is 12.6. The molecule has 1 unspecified atom stereocenters. The van der Waals surface area contributed by atoms with Crippen molar-refractivity contribution in [1.29, 1.82) is 0 Å². The molecule has 9 heteroatoms. The summed E-state index contributed by atoms with van der Waals surface area (Å²) in [4.78, 5) is 28.8. The molecule has 7 nitrogen and oxygen atoms in total. The van der Waals surface area contributed by atoms with Crippen molar-refractivity contribution in [3.05, 3.63) is 94.0 Å². The predicted octanol–water partition coefficient (Wildman–Crippen LogP) is 5.79. The summed E-state index contributed by atoms with van der Waals surface area (Å²) >= 11 is 6.02. The molecule has 1 atom stereocenters. The van der Waals surface area contributed by atoms with Gasteiger partial charge in [0.1, 0.15) is 12.6 Å². The Morgan fingerprint density at radius 1 is 0.925 bits per heavy atom. The molecule has 0 aliphatic heterocycles. The lowest BCUT2D eigenvalue weighted by molar-refractivity contribution is -0.140. The number of carbonyl (C=O) groups is 2. The van der Waals surface area contributed by atoms with Crippen LogP contribution in [0.5, 0.6) is 0 Å². The molecule has 3 aromatic carbocycles. The monoisotopic (exact) mass is 583 g/mol. The minimum absolute atomic E-state index is 0.0118. The fraction of sp³-hybridized carbons (Fsp3) is 0.355. The molecule has 0 saturated heterocycles. The Balaban J connectivity index is 2.09. The van der Waals surface area contributed by atoms with Crippen molar-refractivity contribution in [2.24, 2.45) is 0 Å². The lowest BCUT2D eigenvalue weighted by atomic mass is 10.1. The first-order valence-corrected chi connectivity index (χ1v) is 15.2. The van der Waals surface area contributed by atoms with E-state index in [0.29, 0.717) is 17.1 Å². The van der Waals surface area contributed by atoms with Crippen LogP contribution in [0.1, 0.15) is 49.4 Å². The third-order valence-electron chi connectivity index (χ3n) is 6.71. The standard InChI is InChI=1S/C31H38ClN3O4S/c1-7-29(31(37)33-21(2)3)34(19-25-10-8-9-22(4)17-25)30(36)20-35(27-14-11-23(5)24(6)18-27)40(38,39)28-15-12-26(32)13-16-28/h8-18,21,29H,7,19-20H2,1-6H3,(H,33,37). The van der Waals surface area contributed by atoms with E-state index in [1.54, 1.807) is 12.1 Å². The molecule has 0 fully saturated rings. The zero-order chi connectivity index (χ0) is 29.6. The van der Waals surface area contributed by atoms with Crippen LogP contribution in [-0.4, -0.2) is 43.8 Å². The van der Waals surface area contributed by atoms with E-state index >= 15 is 0 Å². The van der Waals surface area contributed by atoms with E-state index in [9.17, 15) is 18.0 Å². The number of carbonyl (C=O) groups excluding carboxylic acids is 2. The second-order valence-electron chi connectivity index (χ2n) is 10.3. The largest absolute Gasteiger partial charge is 0.352 e. The summed E-state index contributed by atoms with van der Waals surface area (Å²) < 4.78 is 29.0. The predicted molar refractivity (Wildman–Crippen MR) is 161 cm³/mol. The molecule has 0 aliphatic carbocycles. The summed E-state index contributed by atoms with van der Waals surface area (Å²) in [6, 6.07) is 17.9. The van der Waals surface area contributed by atoms with Gasteiger partial charge in [-0.1, -0.05) is 54.4 Å². The van der Waals surface area contributed by atoms with Crippen LogP contribution in [0.2, 0.25) is 5.02 Å². The summed E-state index contributed by atoms with van der Waals surface area (Å²) in [7, 11) is -4.15. The highest BCUT2D eigenvalue weighted by Crippen LogP contribution is 2.27. The van der Waals surface area contributed by atoms with Gasteiger partial charge < -0.3 is 10.2 Å². The van der Waals surface area contributed by atoms with Crippen molar-refractivity contribution >= 4 is 39.1 Å². The Bertz CT molecular complexity index is 1460. The number of hydrogen-bond donors (Lipinski definition) is 1. The van der Waals surface area contributed by atoms with Crippen molar-refractivity contribution < 1.29 is 18.0 Å². The topological polar surface area (TPSA) is 86.8 Å². The highest BCUT2D eigenvalue weighted by molar-refractivity contribution is 7.92. The van der Waals surface area contributed by atoms with Crippen LogP contribution >= 0.6 is 11.6 Å². The fourth-order valence-corrected chi connectivity index (χ4v) is 5.98. The summed E-state index contributed by atoms with van der Waals surface area (Å²) in [6.45, 7) is 11.0. The third kappa shape index (κ3) is 7.64. The quantitative estimate of drug-likeness (QED) is 0.309. The van der Waals surface area contributed by atoms with Crippen molar-refractivity contribution in [1.82, 2.24) is 10.2 Å². The molecule has 0 radical (unpaired) electrons. The van der Waals surface area contributed by atoms with Crippen LogP contribution < -0.4 is 9.62 Å². The molecule has 214 valence electrons. The number of hydrogen-bond acceptors (Lipinski definition) is 4. The Morgan fingerprint density at radius 2 is 1.60 bits per heavy atom. The normalized spacial score (nSPS) is 12.2. The van der Waals surface area contributed by atoms with Gasteiger partial charge >= 0.3 is 0 Å². The first kappa shape index (κ1) is 31.2. The number of nitrogens with one attached hydrogen (secondary N) is 1. The number of halogens is 1. The van der Waals surface area contributed by atoms with Gasteiger partial charge in [-0.15, -0.1) is 0 Å². The summed E-state index contributed by atoms with van der Waals surface area (Å²) in [5.41, 5.74) is 4.12. The molecule has 0 spiro atoms. The Morgan fingerprint density at radius 3 is 2.17 bits per heavy atom. The maximum Gasteiger partial charge on any atom is 0.264 e. The van der Waals surface area contributed by atoms with E-state index in [0.717, 1.165) is 26.6 Å². The van der Waals surface area contributed by atoms with Crippen molar-refractivity contribution in [2.75, 3.05) is 10.8 Å². The maximum atomic E-state index is 14.1. The van der Waals surface area contributed by atoms with E-state index < -0.39 is 28.5 Å². The second kappa shape index (κ2) is 13.3. The van der Waals surface area contributed by atoms with Gasteiger partial charge in [-0.25, -0.2) is 8.42 Å². The van der Waals surface area contributed by atoms with Gasteiger partial charge in [0, 0.05) is 17.6 Å². The molecule has 1 N–H and O–H groups in total. The molecule has 2 amide bonds. The summed E-state index contributed by atoms with van der Waals surface area (Å²) in [6.07, 6.45) is 0.365. The Labute approximate surface area is 243 Å². The fourth-order valence-electron chi connectivity index (χ4n) is 4.45. The van der Waals surface area contributed by atoms with E-state index in [1.165, 1.54) is 29.2 Å². The van der Waals surface area contributed by atoms with E-state index in [2.05, 4.69) is 5.32 Å². The molecular weight excluding hydrogens is 546 g/mol. The molecule has 40 heavy (non-hydrogen) atoms. The Hall–Kier alpha value is -3.36. The SMILES string of the molecule is CCC(C(=O)NC(C)C)N(Cc1cccc(C)c1)C(=O)CN(c1ccc(C)c(C)c1)S(=O)(=O)c1ccc(Cl)cc1. The highest BCUT2D eigenvalue weighted by atomic mass is 35.5. The number of amides is 2. The maximum absolute atomic E-state index is 14.1. The van der Waals surface area contributed by atoms with Gasteiger partial charge in [-0.2, -0.15) is 0 Å². The average molecular weight is 584 g/mol. The number of benzene rings is 3. The van der Waals surface area contributed by atoms with Crippen LogP contribution in [0.4, 0.5) is 5.69 Å². The van der Waals surface area contributed by atoms with Gasteiger partial charge in [-0.3, -0.25) is 13.9 Å². The molecule has 0 aliphatic rings. The highest BCUT2D eigenvalue weighted by Gasteiger charge is 2.34. The first-order chi connectivity index (χ1) is 18.8. The van der Waals surface area contributed by atoms with Crippen LogP contribution in [-0.2, 0) is 26.2 Å². The number of anilines is 1. The minimum atomic E-state index is -4.15. The van der Waals surface area contributed by atoms with Crippen LogP contribution in [0.15, 0.2) is 71.6 Å². The van der Waals surface area contributed by atoms with Gasteiger partial charge in [0.25, 0.3) is 10.0 Å². The van der Waals surface area contributed by atoms with Gasteiger partial charge in [0.15, 0.2) is 0 Å². The van der Waals surface area contributed by atoms with Crippen LogP contribution in [0, 0.1) is 20.8 Å². The molecule has 0 bridgehead atoms. The number of sulfonamides is 1. The number of nitrogens with zero attached hydrogens (tertiary/aromatic N) is 2. The lowest BCUT2D eigenvalue weighted by Crippen LogP contribution is -2.53. The number of rotatable bonds is 11. The molecule has 3 rings (SSSR count). The minimum Gasteiger partial charge on any atom is -0.352 e. The average Bonchev–Trinajstić information content (AvgIpc) is 2.88. The lowest BCUT2D eigenvalue weighted by Gasteiger charge is -2.33. The van der Waals surface area contributed by atoms with E-state index in [4.69, 9.17) is 11.6 Å². The van der Waals surface area contributed by atoms with E-state index in [1.807, 2.05) is 71.9 Å². The first-order valence-electron chi connectivity index (χ1n) is 13.3. The van der Waals surface area contributed by atoms with Crippen LogP contribution in [0.3, 0.4) is 0 Å². The smallest absolute Gasteiger partial charge is 0.264 e. The number of aryl methyl sites for hydroxylation is 3. The van der Waals surface area contributed by atoms with Crippen molar-refractivity contribution in [3.8, 4) is 0 Å². The van der Waals surface area contributed by atoms with Gasteiger partial charge in [-0.05, 0) is 94.1 Å².